The molecule has 0 unspecified atom stereocenters. The summed E-state index contributed by atoms with van der Waals surface area (Å²) in [6.07, 6.45) is 0. The van der Waals surface area contributed by atoms with E-state index in [0.717, 1.165) is 27.8 Å². The molecule has 0 bridgehead atoms. The van der Waals surface area contributed by atoms with Crippen LogP contribution < -0.4 is 0 Å². The topological polar surface area (TPSA) is 17.1 Å². The Balaban J connectivity index is 1.81. The molecule has 2 atom stereocenters. The lowest BCUT2D eigenvalue weighted by Gasteiger charge is -2.23. The second kappa shape index (κ2) is 7.96. The third-order valence-corrected chi connectivity index (χ3v) is 5.91. The van der Waals surface area contributed by atoms with E-state index in [9.17, 15) is 4.79 Å². The van der Waals surface area contributed by atoms with Gasteiger partial charge in [0.2, 0.25) is 0 Å². The van der Waals surface area contributed by atoms with Gasteiger partial charge < -0.3 is 0 Å². The number of carbonyl (C=O) groups is 1. The molecule has 1 nitrogen and oxygen atoms in total. The van der Waals surface area contributed by atoms with Crippen LogP contribution in [0.15, 0.2) is 121 Å². The summed E-state index contributed by atoms with van der Waals surface area (Å²) in [5.74, 6) is -0.0715. The molecular formula is C29H22O. The SMILES string of the molecule is O=C1C(c2ccccc2)=C(c2ccccc2)[C@@H](c2ccccc2)[C@H]1c1ccccc1. The minimum absolute atomic E-state index is 0.0290. The highest BCUT2D eigenvalue weighted by Gasteiger charge is 2.44. The molecule has 4 aromatic carbocycles. The summed E-state index contributed by atoms with van der Waals surface area (Å²) in [6, 6.07) is 41.1. The summed E-state index contributed by atoms with van der Waals surface area (Å²) in [6.45, 7) is 0. The van der Waals surface area contributed by atoms with Gasteiger partial charge in [-0.05, 0) is 27.8 Å². The molecule has 1 aliphatic rings. The normalized spacial score (nSPS) is 18.6. The minimum Gasteiger partial charge on any atom is -0.293 e. The smallest absolute Gasteiger partial charge is 0.172 e. The van der Waals surface area contributed by atoms with Crippen molar-refractivity contribution in [1.82, 2.24) is 0 Å². The number of Topliss-reactive ketones (excluding diaryl/α,β-unsaturated/α-hetero) is 1. The van der Waals surface area contributed by atoms with Gasteiger partial charge in [-0.3, -0.25) is 4.79 Å². The molecule has 5 rings (SSSR count). The zero-order valence-corrected chi connectivity index (χ0v) is 16.6. The highest BCUT2D eigenvalue weighted by atomic mass is 16.1. The molecule has 1 heteroatoms. The Morgan fingerprint density at radius 3 is 1.33 bits per heavy atom. The van der Waals surface area contributed by atoms with Crippen LogP contribution in [0.25, 0.3) is 11.1 Å². The standard InChI is InChI=1S/C29H22O/c30-29-27(23-17-9-3-10-18-23)25(21-13-5-1-6-14-21)26(22-15-7-2-8-16-22)28(29)24-19-11-4-12-20-24/h1-20,25,27H/t25-,27-/m1/s1. The second-order valence-corrected chi connectivity index (χ2v) is 7.66. The lowest BCUT2D eigenvalue weighted by molar-refractivity contribution is -0.114. The lowest BCUT2D eigenvalue weighted by Crippen LogP contribution is -2.14. The van der Waals surface area contributed by atoms with Crippen molar-refractivity contribution in [3.8, 4) is 0 Å². The van der Waals surface area contributed by atoms with E-state index in [1.165, 1.54) is 5.56 Å². The summed E-state index contributed by atoms with van der Waals surface area (Å²) in [5, 5.41) is 0. The third-order valence-electron chi connectivity index (χ3n) is 5.91. The summed E-state index contributed by atoms with van der Waals surface area (Å²) >= 11 is 0. The van der Waals surface area contributed by atoms with Gasteiger partial charge in [-0.1, -0.05) is 121 Å². The van der Waals surface area contributed by atoms with Crippen LogP contribution in [0.5, 0.6) is 0 Å². The maximum Gasteiger partial charge on any atom is 0.172 e. The average Bonchev–Trinajstić information content (AvgIpc) is 3.14. The molecule has 0 fully saturated rings. The summed E-state index contributed by atoms with van der Waals surface area (Å²) in [4.78, 5) is 14.0. The quantitative estimate of drug-likeness (QED) is 0.379. The Kier molecular flexibility index (Phi) is 4.86. The fourth-order valence-corrected chi connectivity index (χ4v) is 4.63. The molecule has 0 radical (unpaired) electrons. The van der Waals surface area contributed by atoms with Gasteiger partial charge in [0.05, 0.1) is 5.92 Å². The molecule has 0 aliphatic heterocycles. The average molecular weight is 386 g/mol. The van der Waals surface area contributed by atoms with E-state index in [-0.39, 0.29) is 17.6 Å². The van der Waals surface area contributed by atoms with Crippen LogP contribution in [-0.2, 0) is 4.79 Å². The van der Waals surface area contributed by atoms with Crippen LogP contribution in [0.1, 0.15) is 34.1 Å². The van der Waals surface area contributed by atoms with Gasteiger partial charge in [0.1, 0.15) is 0 Å². The van der Waals surface area contributed by atoms with Crippen molar-refractivity contribution in [2.24, 2.45) is 0 Å². The zero-order chi connectivity index (χ0) is 20.3. The van der Waals surface area contributed by atoms with Crippen molar-refractivity contribution in [1.29, 1.82) is 0 Å². The highest BCUT2D eigenvalue weighted by molar-refractivity contribution is 6.35. The Bertz CT molecular complexity index is 1180. The van der Waals surface area contributed by atoms with Crippen LogP contribution in [0, 0.1) is 0 Å². The van der Waals surface area contributed by atoms with E-state index in [4.69, 9.17) is 0 Å². The van der Waals surface area contributed by atoms with Crippen molar-refractivity contribution in [3.05, 3.63) is 144 Å². The van der Waals surface area contributed by atoms with Gasteiger partial charge >= 0.3 is 0 Å². The molecule has 0 saturated heterocycles. The zero-order valence-electron chi connectivity index (χ0n) is 16.6. The number of hydrogen-bond acceptors (Lipinski definition) is 1. The molecule has 30 heavy (non-hydrogen) atoms. The number of benzene rings is 4. The lowest BCUT2D eigenvalue weighted by atomic mass is 9.78. The first-order chi connectivity index (χ1) is 14.8. The Morgan fingerprint density at radius 2 is 0.833 bits per heavy atom. The maximum absolute atomic E-state index is 14.0. The molecule has 0 aromatic heterocycles. The van der Waals surface area contributed by atoms with Gasteiger partial charge in [0.25, 0.3) is 0 Å². The van der Waals surface area contributed by atoms with Gasteiger partial charge in [0.15, 0.2) is 5.78 Å². The fraction of sp³-hybridized carbons (Fsp3) is 0.0690. The number of hydrogen-bond donors (Lipinski definition) is 0. The predicted octanol–water partition coefficient (Wildman–Crippen LogP) is 6.75. The van der Waals surface area contributed by atoms with E-state index >= 15 is 0 Å². The van der Waals surface area contributed by atoms with Crippen LogP contribution >= 0.6 is 0 Å². The first kappa shape index (κ1) is 18.3. The van der Waals surface area contributed by atoms with Crippen LogP contribution in [0.2, 0.25) is 0 Å². The molecule has 0 saturated carbocycles. The Labute approximate surface area is 177 Å². The number of ketones is 1. The highest BCUT2D eigenvalue weighted by Crippen LogP contribution is 2.54. The first-order valence-electron chi connectivity index (χ1n) is 10.3. The van der Waals surface area contributed by atoms with E-state index < -0.39 is 0 Å². The van der Waals surface area contributed by atoms with Crippen LogP contribution in [0.4, 0.5) is 0 Å². The molecule has 0 amide bonds. The van der Waals surface area contributed by atoms with Crippen molar-refractivity contribution in [3.63, 3.8) is 0 Å². The second-order valence-electron chi connectivity index (χ2n) is 7.66. The van der Waals surface area contributed by atoms with Crippen molar-refractivity contribution in [2.75, 3.05) is 0 Å². The molecule has 144 valence electrons. The summed E-state index contributed by atoms with van der Waals surface area (Å²) < 4.78 is 0. The van der Waals surface area contributed by atoms with Crippen LogP contribution in [-0.4, -0.2) is 5.78 Å². The number of carbonyl (C=O) groups excluding carboxylic acids is 1. The largest absolute Gasteiger partial charge is 0.293 e. The van der Waals surface area contributed by atoms with Crippen molar-refractivity contribution >= 4 is 16.9 Å². The molecular weight excluding hydrogens is 364 g/mol. The summed E-state index contributed by atoms with van der Waals surface area (Å²) in [7, 11) is 0. The van der Waals surface area contributed by atoms with Crippen molar-refractivity contribution < 1.29 is 4.79 Å². The first-order valence-corrected chi connectivity index (χ1v) is 10.3. The molecule has 0 heterocycles. The van der Waals surface area contributed by atoms with Crippen LogP contribution in [0.3, 0.4) is 0 Å². The van der Waals surface area contributed by atoms with Gasteiger partial charge in [-0.25, -0.2) is 0 Å². The monoisotopic (exact) mass is 386 g/mol. The van der Waals surface area contributed by atoms with E-state index in [1.807, 2.05) is 72.8 Å². The predicted molar refractivity (Wildman–Crippen MR) is 123 cm³/mol. The maximum atomic E-state index is 14.0. The molecule has 0 N–H and O–H groups in total. The van der Waals surface area contributed by atoms with E-state index in [2.05, 4.69) is 48.5 Å². The molecule has 0 spiro atoms. The van der Waals surface area contributed by atoms with Crippen molar-refractivity contribution in [2.45, 2.75) is 11.8 Å². The Hall–Kier alpha value is -3.71. The Morgan fingerprint density at radius 1 is 0.433 bits per heavy atom. The van der Waals surface area contributed by atoms with Gasteiger partial charge in [0, 0.05) is 11.5 Å². The van der Waals surface area contributed by atoms with E-state index in [0.29, 0.717) is 0 Å². The fourth-order valence-electron chi connectivity index (χ4n) is 4.63. The molecule has 1 aliphatic carbocycles. The molecule has 4 aromatic rings. The third kappa shape index (κ3) is 3.19. The minimum atomic E-state index is -0.237. The number of allylic oxidation sites excluding steroid dienone is 2. The van der Waals surface area contributed by atoms with Gasteiger partial charge in [-0.15, -0.1) is 0 Å². The van der Waals surface area contributed by atoms with Gasteiger partial charge in [-0.2, -0.15) is 0 Å². The number of rotatable bonds is 4. The summed E-state index contributed by atoms with van der Waals surface area (Å²) in [5.41, 5.74) is 6.29. The van der Waals surface area contributed by atoms with E-state index in [1.54, 1.807) is 0 Å².